The lowest BCUT2D eigenvalue weighted by Crippen LogP contribution is -2.66. The average molecular weight is 224 g/mol. The molecule has 15 heavy (non-hydrogen) atoms. The van der Waals surface area contributed by atoms with Crippen molar-refractivity contribution in [3.8, 4) is 0 Å². The highest BCUT2D eigenvalue weighted by Crippen LogP contribution is 2.64. The van der Waals surface area contributed by atoms with Crippen LogP contribution in [0.2, 0.25) is 0 Å². The van der Waals surface area contributed by atoms with Crippen molar-refractivity contribution in [2.24, 2.45) is 5.41 Å². The van der Waals surface area contributed by atoms with Crippen molar-refractivity contribution in [3.63, 3.8) is 0 Å². The number of alkyl halides is 3. The van der Waals surface area contributed by atoms with Crippen molar-refractivity contribution in [3.05, 3.63) is 0 Å². The van der Waals surface area contributed by atoms with E-state index in [1.807, 2.05) is 0 Å². The van der Waals surface area contributed by atoms with Crippen LogP contribution in [0.1, 0.15) is 12.8 Å². The van der Waals surface area contributed by atoms with Gasteiger partial charge in [-0.2, -0.15) is 13.2 Å². The fourth-order valence-electron chi connectivity index (χ4n) is 1.84. The Hall–Kier alpha value is -0.200. The number of aliphatic hydroxyl groups is 3. The van der Waals surface area contributed by atoms with E-state index in [1.165, 1.54) is 0 Å². The first-order valence-corrected chi connectivity index (χ1v) is 4.64. The van der Waals surface area contributed by atoms with Crippen molar-refractivity contribution in [1.29, 1.82) is 0 Å². The van der Waals surface area contributed by atoms with Gasteiger partial charge in [0.05, 0.1) is 23.0 Å². The van der Waals surface area contributed by atoms with Gasteiger partial charge in [-0.05, 0) is 12.8 Å². The van der Waals surface area contributed by atoms with E-state index >= 15 is 0 Å². The van der Waals surface area contributed by atoms with Gasteiger partial charge in [-0.25, -0.2) is 0 Å². The minimum atomic E-state index is -4.57. The summed E-state index contributed by atoms with van der Waals surface area (Å²) in [7, 11) is 1.92. The molecule has 0 saturated heterocycles. The Kier molecular flexibility index (Phi) is 2.70. The summed E-state index contributed by atoms with van der Waals surface area (Å²) in [6, 6.07) is 0. The number of aliphatic hydroxyl groups excluding tert-OH is 1. The van der Waals surface area contributed by atoms with Crippen LogP contribution in [0.15, 0.2) is 0 Å². The van der Waals surface area contributed by atoms with Crippen molar-refractivity contribution < 1.29 is 28.5 Å². The molecule has 86 valence electrons. The first-order chi connectivity index (χ1) is 6.52. The normalized spacial score (nSPS) is 27.9. The van der Waals surface area contributed by atoms with Crippen LogP contribution in [0.5, 0.6) is 0 Å². The van der Waals surface area contributed by atoms with Crippen LogP contribution in [0, 0.1) is 5.41 Å². The smallest absolute Gasteiger partial charge is 0.396 e. The molecule has 3 nitrogen and oxygen atoms in total. The fourth-order valence-corrected chi connectivity index (χ4v) is 1.84. The van der Waals surface area contributed by atoms with Gasteiger partial charge in [0.1, 0.15) is 15.7 Å². The Bertz CT molecular complexity index is 261. The quantitative estimate of drug-likeness (QED) is 0.484. The molecule has 0 radical (unpaired) electrons. The highest BCUT2D eigenvalue weighted by atomic mass is 19.4. The molecule has 0 aromatic heterocycles. The molecule has 0 bridgehead atoms. The van der Waals surface area contributed by atoms with Crippen LogP contribution in [-0.4, -0.2) is 54.8 Å². The third-order valence-electron chi connectivity index (χ3n) is 3.58. The summed E-state index contributed by atoms with van der Waals surface area (Å²) < 4.78 is 38.1. The first-order valence-electron chi connectivity index (χ1n) is 4.64. The third kappa shape index (κ3) is 1.59. The Morgan fingerprint density at radius 3 is 1.73 bits per heavy atom. The van der Waals surface area contributed by atoms with Gasteiger partial charge in [-0.15, -0.1) is 0 Å². The predicted molar refractivity (Wildman–Crippen MR) is 51.8 cm³/mol. The van der Waals surface area contributed by atoms with E-state index in [-0.39, 0.29) is 12.8 Å². The van der Waals surface area contributed by atoms with E-state index in [0.29, 0.717) is 0 Å². The van der Waals surface area contributed by atoms with E-state index in [4.69, 9.17) is 5.11 Å². The minimum Gasteiger partial charge on any atom is -0.396 e. The number of hydrogen-bond acceptors (Lipinski definition) is 3. The summed E-state index contributed by atoms with van der Waals surface area (Å²) in [5.41, 5.74) is -6.84. The standard InChI is InChI=1S/C7H13B2F3O3/c8-5(14,3-13)6(9,15)4(1-2-4)7(10,11)12/h13-15H,1-3,8-9H2. The molecule has 0 heterocycles. The van der Waals surface area contributed by atoms with Crippen molar-refractivity contribution in [1.82, 2.24) is 0 Å². The lowest BCUT2D eigenvalue weighted by molar-refractivity contribution is -0.248. The topological polar surface area (TPSA) is 60.7 Å². The molecule has 0 amide bonds. The molecule has 0 aromatic rings. The summed E-state index contributed by atoms with van der Waals surface area (Å²) in [5.74, 6) is 0. The fraction of sp³-hybridized carbons (Fsp3) is 1.00. The molecule has 2 atom stereocenters. The Labute approximate surface area is 87.1 Å². The molecule has 1 aliphatic rings. The zero-order chi connectivity index (χ0) is 12.1. The summed E-state index contributed by atoms with van der Waals surface area (Å²) >= 11 is 0. The van der Waals surface area contributed by atoms with Gasteiger partial charge >= 0.3 is 6.18 Å². The van der Waals surface area contributed by atoms with Gasteiger partial charge < -0.3 is 15.3 Å². The van der Waals surface area contributed by atoms with Gasteiger partial charge in [0.25, 0.3) is 0 Å². The predicted octanol–water partition coefficient (Wildman–Crippen LogP) is -2.04. The maximum Gasteiger partial charge on any atom is 0.396 e. The molecule has 0 spiro atoms. The Morgan fingerprint density at radius 1 is 1.13 bits per heavy atom. The molecule has 0 aromatic carbocycles. The van der Waals surface area contributed by atoms with E-state index in [2.05, 4.69) is 0 Å². The molecule has 2 unspecified atom stereocenters. The molecule has 1 fully saturated rings. The highest BCUT2D eigenvalue weighted by molar-refractivity contribution is 6.26. The van der Waals surface area contributed by atoms with E-state index < -0.39 is 29.2 Å². The van der Waals surface area contributed by atoms with Gasteiger partial charge in [0.2, 0.25) is 0 Å². The lowest BCUT2D eigenvalue weighted by Gasteiger charge is -2.44. The lowest BCUT2D eigenvalue weighted by atomic mass is 9.52. The van der Waals surface area contributed by atoms with Gasteiger partial charge in [-0.3, -0.25) is 0 Å². The number of halogens is 3. The molecule has 8 heteroatoms. The van der Waals surface area contributed by atoms with E-state index in [9.17, 15) is 23.4 Å². The summed E-state index contributed by atoms with van der Waals surface area (Å²) in [4.78, 5) is 0. The summed E-state index contributed by atoms with van der Waals surface area (Å²) in [5, 5.41) is 28.2. The van der Waals surface area contributed by atoms with Crippen LogP contribution in [0.25, 0.3) is 0 Å². The third-order valence-corrected chi connectivity index (χ3v) is 3.58. The molecular formula is C7H13B2F3O3. The van der Waals surface area contributed by atoms with Crippen LogP contribution in [0.3, 0.4) is 0 Å². The largest absolute Gasteiger partial charge is 0.396 e. The number of hydrogen-bond donors (Lipinski definition) is 3. The molecule has 0 aliphatic heterocycles. The molecule has 1 rings (SSSR count). The van der Waals surface area contributed by atoms with Crippen LogP contribution < -0.4 is 0 Å². The summed E-state index contributed by atoms with van der Waals surface area (Å²) in [6.07, 6.45) is -5.02. The minimum absolute atomic E-state index is 0.223. The van der Waals surface area contributed by atoms with Crippen LogP contribution in [0.4, 0.5) is 13.2 Å². The molecule has 1 aliphatic carbocycles. The zero-order valence-electron chi connectivity index (χ0n) is 8.60. The zero-order valence-corrected chi connectivity index (χ0v) is 8.60. The van der Waals surface area contributed by atoms with E-state index in [1.54, 1.807) is 0 Å². The maximum absolute atomic E-state index is 12.7. The van der Waals surface area contributed by atoms with Crippen LogP contribution >= 0.6 is 0 Å². The molecule has 3 N–H and O–H groups in total. The second-order valence-corrected chi connectivity index (χ2v) is 4.58. The first kappa shape index (κ1) is 12.9. The highest BCUT2D eigenvalue weighted by Gasteiger charge is 2.75. The van der Waals surface area contributed by atoms with Crippen molar-refractivity contribution in [2.45, 2.75) is 30.0 Å². The van der Waals surface area contributed by atoms with Gasteiger partial charge in [0, 0.05) is 0 Å². The van der Waals surface area contributed by atoms with Gasteiger partial charge in [-0.1, -0.05) is 0 Å². The van der Waals surface area contributed by atoms with Gasteiger partial charge in [0.15, 0.2) is 0 Å². The maximum atomic E-state index is 12.7. The monoisotopic (exact) mass is 224 g/mol. The molecule has 1 saturated carbocycles. The van der Waals surface area contributed by atoms with E-state index in [0.717, 1.165) is 15.7 Å². The Morgan fingerprint density at radius 2 is 1.53 bits per heavy atom. The second-order valence-electron chi connectivity index (χ2n) is 4.58. The summed E-state index contributed by atoms with van der Waals surface area (Å²) in [6.45, 7) is -0.919. The SMILES string of the molecule is BC(O)(CO)C(B)(O)C1(C(F)(F)F)CC1. The molecular weight excluding hydrogens is 211 g/mol. The van der Waals surface area contributed by atoms with Crippen molar-refractivity contribution in [2.75, 3.05) is 6.61 Å². The van der Waals surface area contributed by atoms with Crippen molar-refractivity contribution >= 4 is 15.7 Å². The second kappa shape index (κ2) is 3.15. The number of rotatable bonds is 3. The Balaban J connectivity index is 3.07. The van der Waals surface area contributed by atoms with Crippen LogP contribution in [-0.2, 0) is 0 Å². The average Bonchev–Trinajstić information content (AvgIpc) is 2.81.